The molecular formula is C21H36O3. The van der Waals surface area contributed by atoms with Gasteiger partial charge in [-0.15, -0.1) is 6.58 Å². The molecule has 0 radical (unpaired) electrons. The van der Waals surface area contributed by atoms with Crippen molar-refractivity contribution in [3.8, 4) is 0 Å². The minimum absolute atomic E-state index is 0.000509. The van der Waals surface area contributed by atoms with E-state index in [0.717, 1.165) is 24.8 Å². The van der Waals surface area contributed by atoms with E-state index in [0.29, 0.717) is 18.8 Å². The molecule has 0 amide bonds. The Hall–Kier alpha value is -1.09. The Bertz CT molecular complexity index is 489. The molecule has 3 heteroatoms. The largest absolute Gasteiger partial charge is 0.456 e. The number of aliphatic hydroxyl groups excluding tert-OH is 1. The van der Waals surface area contributed by atoms with Gasteiger partial charge in [-0.3, -0.25) is 4.79 Å². The van der Waals surface area contributed by atoms with Crippen LogP contribution in [0.2, 0.25) is 0 Å². The molecule has 0 heterocycles. The highest BCUT2D eigenvalue weighted by molar-refractivity contribution is 5.76. The number of aliphatic hydroxyl groups is 1. The molecule has 0 aromatic heterocycles. The summed E-state index contributed by atoms with van der Waals surface area (Å²) in [5.74, 6) is 0.0888. The average Bonchev–Trinajstić information content (AvgIpc) is 2.48. The number of carbonyl (C=O) groups excluding carboxylic acids is 1. The summed E-state index contributed by atoms with van der Waals surface area (Å²) in [7, 11) is 0. The lowest BCUT2D eigenvalue weighted by molar-refractivity contribution is -0.188. The third-order valence-corrected chi connectivity index (χ3v) is 5.72. The number of allylic oxidation sites excluding steroid dienone is 2. The van der Waals surface area contributed by atoms with Crippen LogP contribution in [-0.4, -0.2) is 22.8 Å². The minimum Gasteiger partial charge on any atom is -0.456 e. The molecule has 1 fully saturated rings. The standard InChI is InChI=1S/C21H36O3/c1-9-19(4,5)12-13-20(6,7)18(23)24-21(8)11-10-16(15(2)3)14-17(21)22/h9,16-17,22H,1-2,10-14H2,3-8H3. The van der Waals surface area contributed by atoms with E-state index in [2.05, 4.69) is 27.0 Å². The van der Waals surface area contributed by atoms with Gasteiger partial charge in [-0.05, 0) is 71.1 Å². The zero-order valence-electron chi connectivity index (χ0n) is 16.4. The highest BCUT2D eigenvalue weighted by Crippen LogP contribution is 2.40. The molecular weight excluding hydrogens is 300 g/mol. The quantitative estimate of drug-likeness (QED) is 0.523. The molecule has 3 nitrogen and oxygen atoms in total. The van der Waals surface area contributed by atoms with E-state index in [-0.39, 0.29) is 11.4 Å². The molecule has 1 rings (SSSR count). The van der Waals surface area contributed by atoms with E-state index in [9.17, 15) is 9.90 Å². The van der Waals surface area contributed by atoms with Crippen molar-refractivity contribution in [3.63, 3.8) is 0 Å². The van der Waals surface area contributed by atoms with Crippen molar-refractivity contribution in [2.45, 2.75) is 85.4 Å². The summed E-state index contributed by atoms with van der Waals surface area (Å²) in [6, 6.07) is 0. The Morgan fingerprint density at radius 1 is 1.33 bits per heavy atom. The molecule has 138 valence electrons. The molecule has 0 aliphatic heterocycles. The van der Waals surface area contributed by atoms with Crippen LogP contribution in [0.1, 0.15) is 73.6 Å². The van der Waals surface area contributed by atoms with E-state index in [4.69, 9.17) is 4.74 Å². The second-order valence-corrected chi connectivity index (χ2v) is 9.11. The normalized spacial score (nSPS) is 28.3. The highest BCUT2D eigenvalue weighted by atomic mass is 16.6. The Balaban J connectivity index is 2.71. The predicted octanol–water partition coefficient (Wildman–Crippen LogP) is 5.04. The highest BCUT2D eigenvalue weighted by Gasteiger charge is 2.44. The van der Waals surface area contributed by atoms with Crippen molar-refractivity contribution >= 4 is 5.97 Å². The maximum Gasteiger partial charge on any atom is 0.312 e. The molecule has 1 aliphatic rings. The summed E-state index contributed by atoms with van der Waals surface area (Å²) in [6.45, 7) is 19.8. The van der Waals surface area contributed by atoms with Crippen molar-refractivity contribution in [1.29, 1.82) is 0 Å². The summed E-state index contributed by atoms with van der Waals surface area (Å²) >= 11 is 0. The second-order valence-electron chi connectivity index (χ2n) is 9.11. The van der Waals surface area contributed by atoms with Gasteiger partial charge in [0.25, 0.3) is 0 Å². The fourth-order valence-corrected chi connectivity index (χ4v) is 3.02. The third-order valence-electron chi connectivity index (χ3n) is 5.72. The van der Waals surface area contributed by atoms with Crippen LogP contribution in [0.3, 0.4) is 0 Å². The van der Waals surface area contributed by atoms with Gasteiger partial charge in [-0.1, -0.05) is 32.1 Å². The maximum absolute atomic E-state index is 12.7. The van der Waals surface area contributed by atoms with E-state index < -0.39 is 17.1 Å². The van der Waals surface area contributed by atoms with Gasteiger partial charge in [0.1, 0.15) is 5.60 Å². The summed E-state index contributed by atoms with van der Waals surface area (Å²) in [6.07, 6.45) is 5.08. The third kappa shape index (κ3) is 5.20. The molecule has 3 unspecified atom stereocenters. The van der Waals surface area contributed by atoms with E-state index in [1.165, 1.54) is 0 Å². The molecule has 1 saturated carbocycles. The molecule has 3 atom stereocenters. The van der Waals surface area contributed by atoms with Gasteiger partial charge >= 0.3 is 5.97 Å². The first kappa shape index (κ1) is 21.0. The van der Waals surface area contributed by atoms with Crippen LogP contribution in [0.4, 0.5) is 0 Å². The zero-order chi connectivity index (χ0) is 18.8. The lowest BCUT2D eigenvalue weighted by Crippen LogP contribution is -2.50. The van der Waals surface area contributed by atoms with Gasteiger partial charge in [0.15, 0.2) is 0 Å². The van der Waals surface area contributed by atoms with Gasteiger partial charge < -0.3 is 9.84 Å². The van der Waals surface area contributed by atoms with Crippen LogP contribution in [0.25, 0.3) is 0 Å². The molecule has 24 heavy (non-hydrogen) atoms. The number of hydrogen-bond acceptors (Lipinski definition) is 3. The molecule has 1 aliphatic carbocycles. The number of ether oxygens (including phenoxy) is 1. The van der Waals surface area contributed by atoms with Crippen molar-refractivity contribution in [2.75, 3.05) is 0 Å². The van der Waals surface area contributed by atoms with Crippen molar-refractivity contribution in [2.24, 2.45) is 16.7 Å². The molecule has 0 spiro atoms. The lowest BCUT2D eigenvalue weighted by Gasteiger charge is -2.42. The molecule has 0 aromatic rings. The Morgan fingerprint density at radius 3 is 2.38 bits per heavy atom. The van der Waals surface area contributed by atoms with Gasteiger partial charge in [0.2, 0.25) is 0 Å². The Labute approximate surface area is 148 Å². The summed E-state index contributed by atoms with van der Waals surface area (Å²) in [4.78, 5) is 12.7. The monoisotopic (exact) mass is 336 g/mol. The number of hydrogen-bond donors (Lipinski definition) is 1. The van der Waals surface area contributed by atoms with Crippen LogP contribution >= 0.6 is 0 Å². The van der Waals surface area contributed by atoms with Crippen LogP contribution in [0, 0.1) is 16.7 Å². The van der Waals surface area contributed by atoms with Gasteiger partial charge in [-0.2, -0.15) is 0 Å². The first-order chi connectivity index (χ1) is 10.8. The number of rotatable bonds is 7. The van der Waals surface area contributed by atoms with Crippen molar-refractivity contribution in [1.82, 2.24) is 0 Å². The van der Waals surface area contributed by atoms with Gasteiger partial charge in [0.05, 0.1) is 11.5 Å². The first-order valence-electron chi connectivity index (χ1n) is 9.03. The van der Waals surface area contributed by atoms with Gasteiger partial charge in [0, 0.05) is 0 Å². The molecule has 0 aromatic carbocycles. The van der Waals surface area contributed by atoms with Gasteiger partial charge in [-0.25, -0.2) is 0 Å². The summed E-state index contributed by atoms with van der Waals surface area (Å²) in [5.41, 5.74) is -0.280. The minimum atomic E-state index is -0.797. The summed E-state index contributed by atoms with van der Waals surface area (Å²) in [5, 5.41) is 10.5. The fourth-order valence-electron chi connectivity index (χ4n) is 3.02. The topological polar surface area (TPSA) is 46.5 Å². The Morgan fingerprint density at radius 2 is 1.92 bits per heavy atom. The summed E-state index contributed by atoms with van der Waals surface area (Å²) < 4.78 is 5.84. The van der Waals surface area contributed by atoms with E-state index in [1.807, 2.05) is 33.8 Å². The smallest absolute Gasteiger partial charge is 0.312 e. The second kappa shape index (κ2) is 7.43. The SMILES string of the molecule is C=CC(C)(C)CCC(C)(C)C(=O)OC1(C)CCC(C(=C)C)CC1O. The Kier molecular flexibility index (Phi) is 6.49. The molecule has 0 saturated heterocycles. The van der Waals surface area contributed by atoms with E-state index in [1.54, 1.807) is 0 Å². The van der Waals surface area contributed by atoms with Crippen molar-refractivity contribution < 1.29 is 14.6 Å². The van der Waals surface area contributed by atoms with E-state index >= 15 is 0 Å². The maximum atomic E-state index is 12.7. The fraction of sp³-hybridized carbons (Fsp3) is 0.762. The first-order valence-corrected chi connectivity index (χ1v) is 9.03. The number of esters is 1. The van der Waals surface area contributed by atoms with Crippen LogP contribution < -0.4 is 0 Å². The van der Waals surface area contributed by atoms with Crippen LogP contribution in [0.15, 0.2) is 24.8 Å². The predicted molar refractivity (Wildman–Crippen MR) is 99.7 cm³/mol. The molecule has 0 bridgehead atoms. The lowest BCUT2D eigenvalue weighted by atomic mass is 9.74. The average molecular weight is 337 g/mol. The molecule has 1 N–H and O–H groups in total. The number of carbonyl (C=O) groups is 1. The van der Waals surface area contributed by atoms with Crippen molar-refractivity contribution in [3.05, 3.63) is 24.8 Å². The van der Waals surface area contributed by atoms with Crippen LogP contribution in [0.5, 0.6) is 0 Å². The zero-order valence-corrected chi connectivity index (χ0v) is 16.4. The van der Waals surface area contributed by atoms with Crippen LogP contribution in [-0.2, 0) is 9.53 Å².